The number of nitrogens with zero attached hydrogens (tertiary/aromatic N) is 3. The zero-order chi connectivity index (χ0) is 15.4. The van der Waals surface area contributed by atoms with Crippen LogP contribution >= 0.6 is 22.9 Å². The van der Waals surface area contributed by atoms with Crippen molar-refractivity contribution in [3.05, 3.63) is 33.7 Å². The van der Waals surface area contributed by atoms with Crippen molar-refractivity contribution in [2.24, 2.45) is 0 Å². The van der Waals surface area contributed by atoms with Gasteiger partial charge in [-0.15, -0.1) is 11.3 Å². The van der Waals surface area contributed by atoms with Crippen LogP contribution in [0.15, 0.2) is 24.5 Å². The Morgan fingerprint density at radius 1 is 1.48 bits per heavy atom. The molecule has 0 saturated heterocycles. The van der Waals surface area contributed by atoms with Gasteiger partial charge in [-0.25, -0.2) is 0 Å². The van der Waals surface area contributed by atoms with Crippen molar-refractivity contribution >= 4 is 40.4 Å². The second-order valence-electron chi connectivity index (χ2n) is 4.56. The van der Waals surface area contributed by atoms with Gasteiger partial charge in [0.05, 0.1) is 22.8 Å². The lowest BCUT2D eigenvalue weighted by atomic mass is 10.4. The average Bonchev–Trinajstić information content (AvgIpc) is 2.98. The molecule has 0 spiro atoms. The maximum absolute atomic E-state index is 12.1. The van der Waals surface area contributed by atoms with Gasteiger partial charge >= 0.3 is 0 Å². The minimum absolute atomic E-state index is 0.0722. The van der Waals surface area contributed by atoms with Gasteiger partial charge in [0.1, 0.15) is 6.54 Å². The van der Waals surface area contributed by atoms with Crippen LogP contribution in [0.4, 0.5) is 5.69 Å². The number of likely N-dealkylation sites (N-methyl/N-ethyl adjacent to an activating group) is 1. The summed E-state index contributed by atoms with van der Waals surface area (Å²) in [6, 6.07) is 3.71. The van der Waals surface area contributed by atoms with Crippen molar-refractivity contribution in [3.8, 4) is 0 Å². The largest absolute Gasteiger partial charge is 0.339 e. The Morgan fingerprint density at radius 3 is 2.86 bits per heavy atom. The summed E-state index contributed by atoms with van der Waals surface area (Å²) in [6.45, 7) is 2.05. The summed E-state index contributed by atoms with van der Waals surface area (Å²) < 4.78 is 2.20. The third-order valence-corrected chi connectivity index (χ3v) is 3.91. The fourth-order valence-corrected chi connectivity index (χ4v) is 2.88. The Labute approximate surface area is 131 Å². The van der Waals surface area contributed by atoms with Crippen molar-refractivity contribution < 1.29 is 9.59 Å². The molecule has 0 radical (unpaired) electrons. The summed E-state index contributed by atoms with van der Waals surface area (Å²) in [5.41, 5.74) is 0.572. The zero-order valence-electron chi connectivity index (χ0n) is 11.7. The van der Waals surface area contributed by atoms with Gasteiger partial charge in [0.2, 0.25) is 11.8 Å². The predicted molar refractivity (Wildman–Crippen MR) is 82.3 cm³/mol. The van der Waals surface area contributed by atoms with Gasteiger partial charge in [-0.05, 0) is 12.1 Å². The second kappa shape index (κ2) is 6.73. The van der Waals surface area contributed by atoms with Crippen LogP contribution < -0.4 is 5.32 Å². The quantitative estimate of drug-likeness (QED) is 0.916. The molecular formula is C13H15ClN4O2S. The van der Waals surface area contributed by atoms with Crippen LogP contribution in [0.5, 0.6) is 0 Å². The van der Waals surface area contributed by atoms with Crippen molar-refractivity contribution in [1.29, 1.82) is 0 Å². The SMILES string of the molecule is CC(=O)Nc1cnn(CC(=O)N(C)Cc2ccc(Cl)s2)c1. The summed E-state index contributed by atoms with van der Waals surface area (Å²) in [5.74, 6) is -0.246. The van der Waals surface area contributed by atoms with Crippen molar-refractivity contribution in [2.45, 2.75) is 20.0 Å². The van der Waals surface area contributed by atoms with Crippen molar-refractivity contribution in [1.82, 2.24) is 14.7 Å². The Hall–Kier alpha value is -1.86. The molecule has 0 saturated carbocycles. The molecule has 21 heavy (non-hydrogen) atoms. The predicted octanol–water partition coefficient (Wildman–Crippen LogP) is 2.21. The maximum Gasteiger partial charge on any atom is 0.244 e. The lowest BCUT2D eigenvalue weighted by molar-refractivity contribution is -0.131. The van der Waals surface area contributed by atoms with E-state index in [1.807, 2.05) is 12.1 Å². The van der Waals surface area contributed by atoms with E-state index in [2.05, 4.69) is 10.4 Å². The number of thiophene rings is 1. The molecule has 0 atom stereocenters. The van der Waals surface area contributed by atoms with E-state index < -0.39 is 0 Å². The molecule has 2 rings (SSSR count). The first-order chi connectivity index (χ1) is 9.94. The minimum Gasteiger partial charge on any atom is -0.339 e. The highest BCUT2D eigenvalue weighted by Crippen LogP contribution is 2.22. The van der Waals surface area contributed by atoms with Crippen LogP contribution in [0.2, 0.25) is 4.34 Å². The molecule has 2 amide bonds. The number of hydrogen-bond acceptors (Lipinski definition) is 4. The molecule has 2 aromatic heterocycles. The van der Waals surface area contributed by atoms with Crippen LogP contribution in [0, 0.1) is 0 Å². The molecule has 1 N–H and O–H groups in total. The lowest BCUT2D eigenvalue weighted by Gasteiger charge is -2.16. The van der Waals surface area contributed by atoms with Crippen LogP contribution in [0.25, 0.3) is 0 Å². The van der Waals surface area contributed by atoms with Gasteiger partial charge in [0.25, 0.3) is 0 Å². The van der Waals surface area contributed by atoms with E-state index in [9.17, 15) is 9.59 Å². The fourth-order valence-electron chi connectivity index (χ4n) is 1.74. The smallest absolute Gasteiger partial charge is 0.244 e. The molecule has 8 heteroatoms. The minimum atomic E-state index is -0.174. The van der Waals surface area contributed by atoms with Crippen molar-refractivity contribution in [2.75, 3.05) is 12.4 Å². The monoisotopic (exact) mass is 326 g/mol. The first-order valence-corrected chi connectivity index (χ1v) is 7.41. The second-order valence-corrected chi connectivity index (χ2v) is 6.36. The normalized spacial score (nSPS) is 10.4. The highest BCUT2D eigenvalue weighted by atomic mass is 35.5. The first kappa shape index (κ1) is 15.5. The molecule has 2 aromatic rings. The summed E-state index contributed by atoms with van der Waals surface area (Å²) >= 11 is 7.32. The highest BCUT2D eigenvalue weighted by molar-refractivity contribution is 7.16. The van der Waals surface area contributed by atoms with Gasteiger partial charge in [-0.1, -0.05) is 11.6 Å². The van der Waals surface area contributed by atoms with Gasteiger partial charge in [-0.3, -0.25) is 14.3 Å². The first-order valence-electron chi connectivity index (χ1n) is 6.22. The molecule has 0 aliphatic heterocycles. The van der Waals surface area contributed by atoms with E-state index in [1.54, 1.807) is 18.1 Å². The maximum atomic E-state index is 12.1. The molecule has 0 unspecified atom stereocenters. The number of carbonyl (C=O) groups is 2. The van der Waals surface area contributed by atoms with E-state index in [-0.39, 0.29) is 18.4 Å². The number of carbonyl (C=O) groups excluding carboxylic acids is 2. The standard InChI is InChI=1S/C13H15ClN4O2S/c1-9(19)16-10-5-15-18(6-10)8-13(20)17(2)7-11-3-4-12(14)21-11/h3-6H,7-8H2,1-2H3,(H,16,19). The number of aromatic nitrogens is 2. The Kier molecular flexibility index (Phi) is 4.98. The summed E-state index contributed by atoms with van der Waals surface area (Å²) in [5, 5.41) is 6.65. The Bertz CT molecular complexity index is 652. The molecular weight excluding hydrogens is 312 g/mol. The molecule has 0 fully saturated rings. The average molecular weight is 327 g/mol. The fraction of sp³-hybridized carbons (Fsp3) is 0.308. The van der Waals surface area contributed by atoms with Crippen molar-refractivity contribution in [3.63, 3.8) is 0 Å². The molecule has 0 aliphatic carbocycles. The number of halogens is 1. The van der Waals surface area contributed by atoms with Crippen LogP contribution in [0.1, 0.15) is 11.8 Å². The third kappa shape index (κ3) is 4.57. The van der Waals surface area contributed by atoms with Crippen LogP contribution in [-0.4, -0.2) is 33.5 Å². The molecule has 0 aliphatic rings. The number of nitrogens with one attached hydrogen (secondary N) is 1. The number of amides is 2. The van der Waals surface area contributed by atoms with Crippen LogP contribution in [0.3, 0.4) is 0 Å². The number of anilines is 1. The van der Waals surface area contributed by atoms with E-state index in [4.69, 9.17) is 11.6 Å². The molecule has 0 aromatic carbocycles. The molecule has 2 heterocycles. The molecule has 6 nitrogen and oxygen atoms in total. The van der Waals surface area contributed by atoms with E-state index in [0.717, 1.165) is 4.88 Å². The van der Waals surface area contributed by atoms with E-state index >= 15 is 0 Å². The van der Waals surface area contributed by atoms with Gasteiger partial charge < -0.3 is 10.2 Å². The van der Waals surface area contributed by atoms with Gasteiger partial charge in [0.15, 0.2) is 0 Å². The lowest BCUT2D eigenvalue weighted by Crippen LogP contribution is -2.29. The molecule has 0 bridgehead atoms. The highest BCUT2D eigenvalue weighted by Gasteiger charge is 2.12. The number of rotatable bonds is 5. The Morgan fingerprint density at radius 2 is 2.24 bits per heavy atom. The molecule has 112 valence electrons. The Balaban J connectivity index is 1.91. The van der Waals surface area contributed by atoms with E-state index in [1.165, 1.54) is 29.1 Å². The number of hydrogen-bond donors (Lipinski definition) is 1. The summed E-state index contributed by atoms with van der Waals surface area (Å²) in [4.78, 5) is 25.7. The summed E-state index contributed by atoms with van der Waals surface area (Å²) in [7, 11) is 1.73. The zero-order valence-corrected chi connectivity index (χ0v) is 13.2. The summed E-state index contributed by atoms with van der Waals surface area (Å²) in [6.07, 6.45) is 3.13. The van der Waals surface area contributed by atoms with Crippen LogP contribution in [-0.2, 0) is 22.7 Å². The van der Waals surface area contributed by atoms with E-state index in [0.29, 0.717) is 16.6 Å². The third-order valence-electron chi connectivity index (χ3n) is 2.70. The van der Waals surface area contributed by atoms with Gasteiger partial charge in [-0.2, -0.15) is 5.10 Å². The topological polar surface area (TPSA) is 67.2 Å². The van der Waals surface area contributed by atoms with Gasteiger partial charge in [0, 0.05) is 25.0 Å².